The Bertz CT molecular complexity index is 340. The zero-order chi connectivity index (χ0) is 9.54. The van der Waals surface area contributed by atoms with E-state index in [0.717, 1.165) is 19.0 Å². The van der Waals surface area contributed by atoms with Gasteiger partial charge in [-0.15, -0.1) is 0 Å². The summed E-state index contributed by atoms with van der Waals surface area (Å²) in [5.74, 6) is 1.10. The average Bonchev–Trinajstić information content (AvgIpc) is 2.80. The Hall–Kier alpha value is -0.360. The highest BCUT2D eigenvalue weighted by atomic mass is 127. The minimum Gasteiger partial charge on any atom is -0.374 e. The minimum atomic E-state index is 0.445. The van der Waals surface area contributed by atoms with Crippen molar-refractivity contribution in [3.8, 4) is 0 Å². The van der Waals surface area contributed by atoms with Crippen LogP contribution in [0.5, 0.6) is 0 Å². The van der Waals surface area contributed by atoms with Gasteiger partial charge in [0, 0.05) is 16.3 Å². The number of morpholine rings is 1. The van der Waals surface area contributed by atoms with Crippen LogP contribution in [0.1, 0.15) is 6.42 Å². The van der Waals surface area contributed by atoms with Crippen molar-refractivity contribution in [2.24, 2.45) is 0 Å². The average molecular weight is 302 g/mol. The zero-order valence-corrected chi connectivity index (χ0v) is 9.85. The van der Waals surface area contributed by atoms with E-state index in [2.05, 4.69) is 44.6 Å². The maximum atomic E-state index is 5.56. The van der Waals surface area contributed by atoms with Crippen LogP contribution < -0.4 is 4.90 Å². The largest absolute Gasteiger partial charge is 0.374 e. The molecular weight excluding hydrogens is 291 g/mol. The van der Waals surface area contributed by atoms with Crippen molar-refractivity contribution in [2.75, 3.05) is 18.1 Å². The zero-order valence-electron chi connectivity index (χ0n) is 7.69. The SMILES string of the molecule is Ic1ccc(N2C[C@@H]3C[C@H]2CO3)nc1. The van der Waals surface area contributed by atoms with Gasteiger partial charge in [0.25, 0.3) is 0 Å². The summed E-state index contributed by atoms with van der Waals surface area (Å²) in [6.45, 7) is 1.89. The Morgan fingerprint density at radius 2 is 2.43 bits per heavy atom. The summed E-state index contributed by atoms with van der Waals surface area (Å²) in [5, 5.41) is 0. The third-order valence-electron chi connectivity index (χ3n) is 2.91. The lowest BCUT2D eigenvalue weighted by molar-refractivity contribution is 0.0989. The van der Waals surface area contributed by atoms with Crippen LogP contribution in [0, 0.1) is 3.57 Å². The fourth-order valence-corrected chi connectivity index (χ4v) is 2.54. The molecule has 3 heterocycles. The van der Waals surface area contributed by atoms with E-state index in [0.29, 0.717) is 12.1 Å². The van der Waals surface area contributed by atoms with Crippen LogP contribution in [0.2, 0.25) is 0 Å². The number of aromatic nitrogens is 1. The summed E-state index contributed by atoms with van der Waals surface area (Å²) in [7, 11) is 0. The molecule has 0 spiro atoms. The molecule has 1 aromatic rings. The normalized spacial score (nSPS) is 29.9. The van der Waals surface area contributed by atoms with E-state index < -0.39 is 0 Å². The summed E-state index contributed by atoms with van der Waals surface area (Å²) >= 11 is 2.28. The number of rotatable bonds is 1. The first-order chi connectivity index (χ1) is 6.83. The molecule has 2 bridgehead atoms. The van der Waals surface area contributed by atoms with E-state index in [1.807, 2.05) is 6.20 Å². The van der Waals surface area contributed by atoms with Gasteiger partial charge in [-0.3, -0.25) is 0 Å². The second-order valence-electron chi connectivity index (χ2n) is 3.83. The molecule has 0 radical (unpaired) electrons. The van der Waals surface area contributed by atoms with Gasteiger partial charge in [0.1, 0.15) is 5.82 Å². The lowest BCUT2D eigenvalue weighted by Gasteiger charge is -2.27. The minimum absolute atomic E-state index is 0.445. The number of ether oxygens (including phenoxy) is 1. The molecular formula is C10H11IN2O. The molecule has 0 N–H and O–H groups in total. The first-order valence-electron chi connectivity index (χ1n) is 4.83. The Kier molecular flexibility index (Phi) is 2.13. The second-order valence-corrected chi connectivity index (χ2v) is 5.08. The first kappa shape index (κ1) is 8.91. The van der Waals surface area contributed by atoms with E-state index >= 15 is 0 Å². The molecule has 0 amide bonds. The maximum absolute atomic E-state index is 5.56. The van der Waals surface area contributed by atoms with Crippen LogP contribution in [0.15, 0.2) is 18.3 Å². The topological polar surface area (TPSA) is 25.4 Å². The van der Waals surface area contributed by atoms with Gasteiger partial charge in [-0.05, 0) is 41.1 Å². The quantitative estimate of drug-likeness (QED) is 0.738. The van der Waals surface area contributed by atoms with Crippen molar-refractivity contribution in [3.63, 3.8) is 0 Å². The van der Waals surface area contributed by atoms with Gasteiger partial charge in [0.2, 0.25) is 0 Å². The molecule has 3 nitrogen and oxygen atoms in total. The number of halogens is 1. The molecule has 0 saturated carbocycles. The number of nitrogens with zero attached hydrogens (tertiary/aromatic N) is 2. The van der Waals surface area contributed by atoms with Gasteiger partial charge in [0.05, 0.1) is 18.8 Å². The highest BCUT2D eigenvalue weighted by molar-refractivity contribution is 14.1. The Morgan fingerprint density at radius 1 is 1.50 bits per heavy atom. The molecule has 0 aliphatic carbocycles. The molecule has 2 atom stereocenters. The molecule has 1 aromatic heterocycles. The van der Waals surface area contributed by atoms with E-state index in [9.17, 15) is 0 Å². The number of anilines is 1. The van der Waals surface area contributed by atoms with E-state index in [1.54, 1.807) is 0 Å². The van der Waals surface area contributed by atoms with Gasteiger partial charge >= 0.3 is 0 Å². The summed E-state index contributed by atoms with van der Waals surface area (Å²) in [4.78, 5) is 6.81. The molecule has 0 unspecified atom stereocenters. The molecule has 2 saturated heterocycles. The van der Waals surface area contributed by atoms with Gasteiger partial charge in [0.15, 0.2) is 0 Å². The third kappa shape index (κ3) is 1.40. The molecule has 2 fully saturated rings. The lowest BCUT2D eigenvalue weighted by atomic mass is 10.2. The van der Waals surface area contributed by atoms with Crippen molar-refractivity contribution < 1.29 is 4.74 Å². The highest BCUT2D eigenvalue weighted by Gasteiger charge is 2.39. The Balaban J connectivity index is 1.86. The molecule has 14 heavy (non-hydrogen) atoms. The smallest absolute Gasteiger partial charge is 0.128 e. The van der Waals surface area contributed by atoms with Crippen molar-refractivity contribution in [2.45, 2.75) is 18.6 Å². The lowest BCUT2D eigenvalue weighted by Crippen LogP contribution is -2.37. The standard InChI is InChI=1S/C10H11IN2O/c11-7-1-2-10(12-4-7)13-5-9-3-8(13)6-14-9/h1-2,4,8-9H,3,5-6H2/t8-,9-/m0/s1. The summed E-state index contributed by atoms with van der Waals surface area (Å²) in [6.07, 6.45) is 3.54. The molecule has 2 aliphatic heterocycles. The molecule has 0 aromatic carbocycles. The van der Waals surface area contributed by atoms with Crippen molar-refractivity contribution in [1.82, 2.24) is 4.98 Å². The number of hydrogen-bond acceptors (Lipinski definition) is 3. The van der Waals surface area contributed by atoms with Crippen LogP contribution in [0.3, 0.4) is 0 Å². The van der Waals surface area contributed by atoms with Gasteiger partial charge in [-0.1, -0.05) is 0 Å². The molecule has 74 valence electrons. The summed E-state index contributed by atoms with van der Waals surface area (Å²) in [5.41, 5.74) is 0. The monoisotopic (exact) mass is 302 g/mol. The first-order valence-corrected chi connectivity index (χ1v) is 5.90. The van der Waals surface area contributed by atoms with E-state index in [1.165, 1.54) is 9.99 Å². The molecule has 4 heteroatoms. The van der Waals surface area contributed by atoms with Crippen LogP contribution in [0.25, 0.3) is 0 Å². The van der Waals surface area contributed by atoms with Crippen molar-refractivity contribution in [1.29, 1.82) is 0 Å². The van der Waals surface area contributed by atoms with Gasteiger partial charge in [-0.2, -0.15) is 0 Å². The van der Waals surface area contributed by atoms with Crippen LogP contribution in [0.4, 0.5) is 5.82 Å². The number of pyridine rings is 1. The predicted octanol–water partition coefficient (Wildman–Crippen LogP) is 1.66. The van der Waals surface area contributed by atoms with Crippen LogP contribution in [-0.4, -0.2) is 30.3 Å². The third-order valence-corrected chi connectivity index (χ3v) is 3.54. The van der Waals surface area contributed by atoms with Crippen LogP contribution >= 0.6 is 22.6 Å². The number of hydrogen-bond donors (Lipinski definition) is 0. The molecule has 3 rings (SSSR count). The van der Waals surface area contributed by atoms with Gasteiger partial charge in [-0.25, -0.2) is 4.98 Å². The Morgan fingerprint density at radius 3 is 3.00 bits per heavy atom. The van der Waals surface area contributed by atoms with Crippen molar-refractivity contribution >= 4 is 28.4 Å². The Labute approximate surface area is 96.6 Å². The van der Waals surface area contributed by atoms with E-state index in [4.69, 9.17) is 4.74 Å². The molecule has 2 aliphatic rings. The maximum Gasteiger partial charge on any atom is 0.128 e. The fraction of sp³-hybridized carbons (Fsp3) is 0.500. The highest BCUT2D eigenvalue weighted by Crippen LogP contribution is 2.31. The predicted molar refractivity (Wildman–Crippen MR) is 62.4 cm³/mol. The van der Waals surface area contributed by atoms with Crippen molar-refractivity contribution in [3.05, 3.63) is 21.9 Å². The fourth-order valence-electron chi connectivity index (χ4n) is 2.22. The van der Waals surface area contributed by atoms with Crippen LogP contribution in [-0.2, 0) is 4.74 Å². The van der Waals surface area contributed by atoms with Gasteiger partial charge < -0.3 is 9.64 Å². The van der Waals surface area contributed by atoms with E-state index in [-0.39, 0.29) is 0 Å². The second kappa shape index (κ2) is 3.34. The number of fused-ring (bicyclic) bond motifs is 2. The summed E-state index contributed by atoms with van der Waals surface area (Å²) in [6, 6.07) is 4.77. The summed E-state index contributed by atoms with van der Waals surface area (Å²) < 4.78 is 6.74.